The van der Waals surface area contributed by atoms with Crippen LogP contribution in [0.4, 0.5) is 5.69 Å². The van der Waals surface area contributed by atoms with Crippen molar-refractivity contribution in [1.82, 2.24) is 0 Å². The van der Waals surface area contributed by atoms with Crippen molar-refractivity contribution in [3.05, 3.63) is 28.6 Å². The van der Waals surface area contributed by atoms with Crippen LogP contribution < -0.4 is 0 Å². The van der Waals surface area contributed by atoms with E-state index in [1.54, 1.807) is 0 Å². The molecule has 0 fully saturated rings. The van der Waals surface area contributed by atoms with Crippen molar-refractivity contribution < 1.29 is 10.2 Å². The number of rotatable bonds is 1. The van der Waals surface area contributed by atoms with Crippen LogP contribution in [0.25, 0.3) is 10.4 Å². The van der Waals surface area contributed by atoms with Crippen LogP contribution in [0.5, 0.6) is 11.5 Å². The van der Waals surface area contributed by atoms with Crippen molar-refractivity contribution in [3.8, 4) is 11.5 Å². The van der Waals surface area contributed by atoms with E-state index in [0.717, 1.165) is 0 Å². The minimum absolute atomic E-state index is 0.234. The Morgan fingerprint density at radius 2 is 2.00 bits per heavy atom. The van der Waals surface area contributed by atoms with Crippen molar-refractivity contribution in [3.63, 3.8) is 0 Å². The lowest BCUT2D eigenvalue weighted by Crippen LogP contribution is -1.66. The normalized spacial score (nSPS) is 8.73. The third-order valence-electron chi connectivity index (χ3n) is 1.12. The van der Waals surface area contributed by atoms with Gasteiger partial charge < -0.3 is 10.2 Å². The van der Waals surface area contributed by atoms with Crippen LogP contribution in [0.3, 0.4) is 0 Å². The van der Waals surface area contributed by atoms with E-state index < -0.39 is 0 Å². The molecule has 5 heteroatoms. The third-order valence-corrected chi connectivity index (χ3v) is 1.12. The standard InChI is InChI=1S/C6H5N3O2/c7-9-8-4-1-2-5(10)6(11)3-4/h1-3,10-11H. The lowest BCUT2D eigenvalue weighted by atomic mass is 10.3. The molecule has 0 aliphatic heterocycles. The van der Waals surface area contributed by atoms with E-state index in [-0.39, 0.29) is 17.2 Å². The summed E-state index contributed by atoms with van der Waals surface area (Å²) in [4.78, 5) is 2.51. The van der Waals surface area contributed by atoms with E-state index in [1.165, 1.54) is 18.2 Å². The summed E-state index contributed by atoms with van der Waals surface area (Å²) in [5.41, 5.74) is 8.26. The third kappa shape index (κ3) is 1.53. The zero-order chi connectivity index (χ0) is 8.27. The molecule has 0 amide bonds. The molecule has 0 spiro atoms. The van der Waals surface area contributed by atoms with Crippen LogP contribution in [-0.2, 0) is 0 Å². The Balaban J connectivity index is 3.14. The topological polar surface area (TPSA) is 89.2 Å². The van der Waals surface area contributed by atoms with Crippen molar-refractivity contribution in [2.45, 2.75) is 0 Å². The molecule has 1 aromatic rings. The monoisotopic (exact) mass is 151 g/mol. The predicted molar refractivity (Wildman–Crippen MR) is 38.6 cm³/mol. The maximum Gasteiger partial charge on any atom is 0.157 e. The molecular weight excluding hydrogens is 146 g/mol. The fourth-order valence-corrected chi connectivity index (χ4v) is 0.626. The summed E-state index contributed by atoms with van der Waals surface area (Å²) < 4.78 is 0. The fourth-order valence-electron chi connectivity index (χ4n) is 0.626. The van der Waals surface area contributed by atoms with Gasteiger partial charge in [-0.25, -0.2) is 0 Å². The Labute approximate surface area is 62.2 Å². The van der Waals surface area contributed by atoms with Gasteiger partial charge in [-0.05, 0) is 23.7 Å². The molecule has 0 radical (unpaired) electrons. The lowest BCUT2D eigenvalue weighted by Gasteiger charge is -1.95. The average Bonchev–Trinajstić information content (AvgIpc) is 1.98. The van der Waals surface area contributed by atoms with Gasteiger partial charge in [-0.15, -0.1) is 0 Å². The Morgan fingerprint density at radius 3 is 2.55 bits per heavy atom. The summed E-state index contributed by atoms with van der Waals surface area (Å²) in [5, 5.41) is 20.9. The second kappa shape index (κ2) is 2.81. The van der Waals surface area contributed by atoms with E-state index in [4.69, 9.17) is 15.7 Å². The second-order valence-electron chi connectivity index (χ2n) is 1.86. The Hall–Kier alpha value is -1.87. The SMILES string of the molecule is [N-]=[N+]=Nc1ccc(O)c(O)c1. The van der Waals surface area contributed by atoms with Gasteiger partial charge in [0.05, 0.1) is 0 Å². The minimum Gasteiger partial charge on any atom is -0.504 e. The maximum atomic E-state index is 8.89. The predicted octanol–water partition coefficient (Wildman–Crippen LogP) is 2.04. The number of azide groups is 1. The van der Waals surface area contributed by atoms with Crippen LogP contribution in [0.15, 0.2) is 23.3 Å². The van der Waals surface area contributed by atoms with Crippen molar-refractivity contribution in [2.24, 2.45) is 5.11 Å². The second-order valence-corrected chi connectivity index (χ2v) is 1.86. The number of aromatic hydroxyl groups is 2. The van der Waals surface area contributed by atoms with E-state index in [0.29, 0.717) is 0 Å². The van der Waals surface area contributed by atoms with E-state index in [2.05, 4.69) is 10.0 Å². The molecule has 0 saturated heterocycles. The Morgan fingerprint density at radius 1 is 1.27 bits per heavy atom. The molecule has 0 atom stereocenters. The molecule has 0 aliphatic carbocycles. The molecule has 56 valence electrons. The van der Waals surface area contributed by atoms with Gasteiger partial charge in [-0.1, -0.05) is 5.11 Å². The quantitative estimate of drug-likeness (QED) is 0.278. The number of nitrogens with zero attached hydrogens (tertiary/aromatic N) is 3. The molecule has 2 N–H and O–H groups in total. The fraction of sp³-hybridized carbons (Fsp3) is 0. The number of hydrogen-bond donors (Lipinski definition) is 2. The van der Waals surface area contributed by atoms with Crippen LogP contribution >= 0.6 is 0 Å². The minimum atomic E-state index is -0.296. The highest BCUT2D eigenvalue weighted by atomic mass is 16.3. The van der Waals surface area contributed by atoms with Crippen LogP contribution in [0.2, 0.25) is 0 Å². The first kappa shape index (κ1) is 7.24. The molecule has 5 nitrogen and oxygen atoms in total. The summed E-state index contributed by atoms with van der Waals surface area (Å²) in [5.74, 6) is -0.531. The van der Waals surface area contributed by atoms with Crippen molar-refractivity contribution in [2.75, 3.05) is 0 Å². The Kier molecular flexibility index (Phi) is 1.85. The van der Waals surface area contributed by atoms with Gasteiger partial charge in [0.2, 0.25) is 0 Å². The molecule has 0 saturated carbocycles. The summed E-state index contributed by atoms with van der Waals surface area (Å²) in [7, 11) is 0. The van der Waals surface area contributed by atoms with Crippen LogP contribution in [0, 0.1) is 0 Å². The maximum absolute atomic E-state index is 8.89. The number of benzene rings is 1. The number of phenolic OH excluding ortho intramolecular Hbond substituents is 2. The lowest BCUT2D eigenvalue weighted by molar-refractivity contribution is 0.404. The zero-order valence-corrected chi connectivity index (χ0v) is 5.47. The number of phenols is 2. The van der Waals surface area contributed by atoms with E-state index in [1.807, 2.05) is 0 Å². The van der Waals surface area contributed by atoms with E-state index in [9.17, 15) is 0 Å². The van der Waals surface area contributed by atoms with Crippen molar-refractivity contribution in [1.29, 1.82) is 0 Å². The molecule has 1 aromatic carbocycles. The van der Waals surface area contributed by atoms with Gasteiger partial charge in [0.25, 0.3) is 0 Å². The highest BCUT2D eigenvalue weighted by molar-refractivity contribution is 5.49. The molecular formula is C6H5N3O2. The molecule has 0 aliphatic rings. The molecule has 0 bridgehead atoms. The van der Waals surface area contributed by atoms with Crippen LogP contribution in [-0.4, -0.2) is 10.2 Å². The molecule has 0 aromatic heterocycles. The van der Waals surface area contributed by atoms with Crippen molar-refractivity contribution >= 4 is 5.69 Å². The van der Waals surface area contributed by atoms with Gasteiger partial charge in [0.15, 0.2) is 11.5 Å². The van der Waals surface area contributed by atoms with Gasteiger partial charge in [-0.3, -0.25) is 0 Å². The average molecular weight is 151 g/mol. The molecule has 0 unspecified atom stereocenters. The van der Waals surface area contributed by atoms with Gasteiger partial charge in [0, 0.05) is 10.6 Å². The van der Waals surface area contributed by atoms with Gasteiger partial charge >= 0.3 is 0 Å². The first-order valence-corrected chi connectivity index (χ1v) is 2.81. The van der Waals surface area contributed by atoms with Gasteiger partial charge in [0.1, 0.15) is 0 Å². The summed E-state index contributed by atoms with van der Waals surface area (Å²) in [6, 6.07) is 3.82. The summed E-state index contributed by atoms with van der Waals surface area (Å²) in [6.45, 7) is 0. The largest absolute Gasteiger partial charge is 0.504 e. The first-order valence-electron chi connectivity index (χ1n) is 2.81. The summed E-state index contributed by atoms with van der Waals surface area (Å²) >= 11 is 0. The van der Waals surface area contributed by atoms with Gasteiger partial charge in [-0.2, -0.15) is 0 Å². The van der Waals surface area contributed by atoms with Crippen LogP contribution in [0.1, 0.15) is 0 Å². The highest BCUT2D eigenvalue weighted by Gasteiger charge is 1.97. The number of hydrogen-bond acceptors (Lipinski definition) is 3. The van der Waals surface area contributed by atoms with E-state index >= 15 is 0 Å². The molecule has 1 rings (SSSR count). The molecule has 11 heavy (non-hydrogen) atoms. The molecule has 0 heterocycles. The smallest absolute Gasteiger partial charge is 0.157 e. The zero-order valence-electron chi connectivity index (χ0n) is 5.47. The first-order chi connectivity index (χ1) is 5.24. The summed E-state index contributed by atoms with van der Waals surface area (Å²) in [6.07, 6.45) is 0. The highest BCUT2D eigenvalue weighted by Crippen LogP contribution is 2.28. The Bertz CT molecular complexity index is 318.